The second-order valence-corrected chi connectivity index (χ2v) is 5.64. The highest BCUT2D eigenvalue weighted by Crippen LogP contribution is 2.14. The van der Waals surface area contributed by atoms with Crippen molar-refractivity contribution in [3.8, 4) is 5.69 Å². The molecule has 3 aromatic rings. The minimum atomic E-state index is -0.520. The standard InChI is InChI=1S/C16H18N6O2/c1-10(15(24)21(2)3)18-16-19-13-12(14(23)20-16)9-17-22(13)11-7-5-4-6-8-11/h4-10H,1-3H3,(H2,18,19,20,23)/t10-/m0/s1. The number of carbonyl (C=O) groups is 1. The lowest BCUT2D eigenvalue weighted by Crippen LogP contribution is -2.37. The zero-order valence-corrected chi connectivity index (χ0v) is 13.6. The van der Waals surface area contributed by atoms with Gasteiger partial charge in [-0.3, -0.25) is 14.6 Å². The first-order valence-corrected chi connectivity index (χ1v) is 7.48. The lowest BCUT2D eigenvalue weighted by Gasteiger charge is -2.18. The number of nitrogens with one attached hydrogen (secondary N) is 2. The summed E-state index contributed by atoms with van der Waals surface area (Å²) in [6.07, 6.45) is 1.48. The fourth-order valence-corrected chi connectivity index (χ4v) is 2.40. The number of rotatable bonds is 4. The van der Waals surface area contributed by atoms with Gasteiger partial charge in [0, 0.05) is 14.1 Å². The molecule has 0 aliphatic carbocycles. The van der Waals surface area contributed by atoms with Crippen LogP contribution in [0.2, 0.25) is 0 Å². The van der Waals surface area contributed by atoms with Crippen LogP contribution in [0.5, 0.6) is 0 Å². The van der Waals surface area contributed by atoms with E-state index in [0.29, 0.717) is 11.0 Å². The molecule has 124 valence electrons. The van der Waals surface area contributed by atoms with Gasteiger partial charge in [-0.2, -0.15) is 10.1 Å². The Morgan fingerprint density at radius 2 is 2.00 bits per heavy atom. The van der Waals surface area contributed by atoms with Gasteiger partial charge >= 0.3 is 0 Å². The van der Waals surface area contributed by atoms with E-state index in [9.17, 15) is 9.59 Å². The number of benzene rings is 1. The van der Waals surface area contributed by atoms with E-state index in [2.05, 4.69) is 20.4 Å². The predicted octanol–water partition coefficient (Wildman–Crippen LogP) is 0.997. The summed E-state index contributed by atoms with van der Waals surface area (Å²) in [6.45, 7) is 1.71. The van der Waals surface area contributed by atoms with Gasteiger partial charge in [-0.05, 0) is 19.1 Å². The van der Waals surface area contributed by atoms with Crippen LogP contribution in [0.1, 0.15) is 6.92 Å². The van der Waals surface area contributed by atoms with Crippen molar-refractivity contribution in [3.63, 3.8) is 0 Å². The smallest absolute Gasteiger partial charge is 0.263 e. The molecule has 8 nitrogen and oxygen atoms in total. The molecule has 0 spiro atoms. The Morgan fingerprint density at radius 3 is 2.67 bits per heavy atom. The number of hydrogen-bond acceptors (Lipinski definition) is 5. The molecule has 1 atom stereocenters. The number of hydrogen-bond donors (Lipinski definition) is 2. The maximum atomic E-state index is 12.2. The van der Waals surface area contributed by atoms with Crippen LogP contribution >= 0.6 is 0 Å². The molecule has 2 N–H and O–H groups in total. The van der Waals surface area contributed by atoms with E-state index >= 15 is 0 Å². The molecule has 8 heteroatoms. The Kier molecular flexibility index (Phi) is 4.03. The highest BCUT2D eigenvalue weighted by molar-refractivity contribution is 5.83. The Labute approximate surface area is 138 Å². The SMILES string of the molecule is C[C@H](Nc1nc2c(cnn2-c2ccccc2)c(=O)[nH]1)C(=O)N(C)C. The molecule has 0 fully saturated rings. The summed E-state index contributed by atoms with van der Waals surface area (Å²) in [5.74, 6) is 0.113. The Balaban J connectivity index is 2.03. The van der Waals surface area contributed by atoms with Gasteiger partial charge in [0.05, 0.1) is 11.9 Å². The normalized spacial score (nSPS) is 12.1. The molecule has 0 saturated heterocycles. The number of carbonyl (C=O) groups excluding carboxylic acids is 1. The van der Waals surface area contributed by atoms with E-state index in [1.807, 2.05) is 30.3 Å². The zero-order chi connectivity index (χ0) is 17.3. The van der Waals surface area contributed by atoms with Gasteiger partial charge in [0.25, 0.3) is 5.56 Å². The van der Waals surface area contributed by atoms with Gasteiger partial charge in [0.15, 0.2) is 5.65 Å². The van der Waals surface area contributed by atoms with Crippen LogP contribution in [0.4, 0.5) is 5.95 Å². The van der Waals surface area contributed by atoms with E-state index in [-0.39, 0.29) is 17.4 Å². The second-order valence-electron chi connectivity index (χ2n) is 5.64. The van der Waals surface area contributed by atoms with Gasteiger partial charge < -0.3 is 10.2 Å². The average Bonchev–Trinajstić information content (AvgIpc) is 2.99. The second kappa shape index (κ2) is 6.15. The van der Waals surface area contributed by atoms with Crippen LogP contribution in [0.25, 0.3) is 16.7 Å². The molecule has 2 aromatic heterocycles. The zero-order valence-electron chi connectivity index (χ0n) is 13.6. The summed E-state index contributed by atoms with van der Waals surface area (Å²) in [6, 6.07) is 8.90. The Morgan fingerprint density at radius 1 is 1.29 bits per heavy atom. The van der Waals surface area contributed by atoms with Gasteiger partial charge in [-0.25, -0.2) is 4.68 Å². The molecule has 0 radical (unpaired) electrons. The van der Waals surface area contributed by atoms with E-state index < -0.39 is 6.04 Å². The summed E-state index contributed by atoms with van der Waals surface area (Å²) in [4.78, 5) is 32.7. The highest BCUT2D eigenvalue weighted by atomic mass is 16.2. The number of fused-ring (bicyclic) bond motifs is 1. The molecule has 0 aliphatic rings. The molecule has 24 heavy (non-hydrogen) atoms. The van der Waals surface area contributed by atoms with Crippen molar-refractivity contribution in [1.82, 2.24) is 24.6 Å². The van der Waals surface area contributed by atoms with Crippen LogP contribution in [0.15, 0.2) is 41.3 Å². The number of nitrogens with zero attached hydrogens (tertiary/aromatic N) is 4. The van der Waals surface area contributed by atoms with Crippen LogP contribution in [-0.2, 0) is 4.79 Å². The molecule has 0 unspecified atom stereocenters. The fraction of sp³-hybridized carbons (Fsp3) is 0.250. The summed E-state index contributed by atoms with van der Waals surface area (Å²) >= 11 is 0. The minimum absolute atomic E-state index is 0.116. The molecule has 0 saturated carbocycles. The van der Waals surface area contributed by atoms with Crippen molar-refractivity contribution in [2.45, 2.75) is 13.0 Å². The molecule has 3 rings (SSSR count). The third-order valence-corrected chi connectivity index (χ3v) is 3.60. The maximum Gasteiger partial charge on any atom is 0.263 e. The Hall–Kier alpha value is -3.16. The Bertz CT molecular complexity index is 929. The van der Waals surface area contributed by atoms with E-state index in [1.165, 1.54) is 11.1 Å². The number of aromatic nitrogens is 4. The van der Waals surface area contributed by atoms with E-state index in [0.717, 1.165) is 5.69 Å². The molecule has 0 bridgehead atoms. The number of anilines is 1. The topological polar surface area (TPSA) is 95.9 Å². The third-order valence-electron chi connectivity index (χ3n) is 3.60. The monoisotopic (exact) mass is 326 g/mol. The third kappa shape index (κ3) is 2.85. The first-order valence-electron chi connectivity index (χ1n) is 7.48. The quantitative estimate of drug-likeness (QED) is 0.745. The van der Waals surface area contributed by atoms with Gasteiger partial charge in [0.1, 0.15) is 11.4 Å². The van der Waals surface area contributed by atoms with E-state index in [4.69, 9.17) is 0 Å². The number of amides is 1. The van der Waals surface area contributed by atoms with Crippen molar-refractivity contribution in [3.05, 3.63) is 46.9 Å². The van der Waals surface area contributed by atoms with Crippen LogP contribution < -0.4 is 10.9 Å². The summed E-state index contributed by atoms with van der Waals surface area (Å²) in [5, 5.41) is 7.55. The van der Waals surface area contributed by atoms with Crippen molar-refractivity contribution in [2.24, 2.45) is 0 Å². The average molecular weight is 326 g/mol. The van der Waals surface area contributed by atoms with Crippen LogP contribution in [0, 0.1) is 0 Å². The molecular formula is C16H18N6O2. The summed E-state index contributed by atoms with van der Waals surface area (Å²) in [5.41, 5.74) is 0.917. The number of likely N-dealkylation sites (N-methyl/N-ethyl adjacent to an activating group) is 1. The number of H-pyrrole nitrogens is 1. The number of para-hydroxylation sites is 1. The first kappa shape index (κ1) is 15.7. The van der Waals surface area contributed by atoms with E-state index in [1.54, 1.807) is 25.7 Å². The largest absolute Gasteiger partial charge is 0.347 e. The maximum absolute atomic E-state index is 12.2. The van der Waals surface area contributed by atoms with Gasteiger partial charge in [0.2, 0.25) is 11.9 Å². The first-order chi connectivity index (χ1) is 11.5. The molecule has 0 aliphatic heterocycles. The summed E-state index contributed by atoms with van der Waals surface area (Å²) in [7, 11) is 3.34. The molecule has 1 amide bonds. The fourth-order valence-electron chi connectivity index (χ4n) is 2.40. The number of aromatic amines is 1. The van der Waals surface area contributed by atoms with Crippen molar-refractivity contribution in [2.75, 3.05) is 19.4 Å². The molecular weight excluding hydrogens is 308 g/mol. The van der Waals surface area contributed by atoms with Gasteiger partial charge in [-0.15, -0.1) is 0 Å². The lowest BCUT2D eigenvalue weighted by atomic mass is 10.3. The lowest BCUT2D eigenvalue weighted by molar-refractivity contribution is -0.129. The summed E-state index contributed by atoms with van der Waals surface area (Å²) < 4.78 is 1.59. The van der Waals surface area contributed by atoms with Crippen molar-refractivity contribution in [1.29, 1.82) is 0 Å². The van der Waals surface area contributed by atoms with Crippen molar-refractivity contribution < 1.29 is 4.79 Å². The van der Waals surface area contributed by atoms with Crippen LogP contribution in [0.3, 0.4) is 0 Å². The molecule has 1 aromatic carbocycles. The van der Waals surface area contributed by atoms with Crippen LogP contribution in [-0.4, -0.2) is 50.7 Å². The van der Waals surface area contributed by atoms with Gasteiger partial charge in [-0.1, -0.05) is 18.2 Å². The predicted molar refractivity (Wildman–Crippen MR) is 91.3 cm³/mol. The molecule has 2 heterocycles. The van der Waals surface area contributed by atoms with Crippen molar-refractivity contribution >= 4 is 22.9 Å². The minimum Gasteiger partial charge on any atom is -0.347 e. The highest BCUT2D eigenvalue weighted by Gasteiger charge is 2.17.